The predicted molar refractivity (Wildman–Crippen MR) is 62.8 cm³/mol. The fourth-order valence-corrected chi connectivity index (χ4v) is 2.73. The van der Waals surface area contributed by atoms with Gasteiger partial charge in [-0.2, -0.15) is 0 Å². The Balaban J connectivity index is 2.67. The maximum Gasteiger partial charge on any atom is 0.0930 e. The number of hydrogen-bond donors (Lipinski definition) is 1. The molecule has 1 aromatic heterocycles. The summed E-state index contributed by atoms with van der Waals surface area (Å²) in [5, 5.41) is 1.28. The molecule has 1 heterocycles. The number of hydrogen-bond acceptors (Lipinski definition) is 3. The van der Waals surface area contributed by atoms with Crippen LogP contribution >= 0.6 is 11.3 Å². The quantitative estimate of drug-likeness (QED) is 0.814. The summed E-state index contributed by atoms with van der Waals surface area (Å²) in [6.45, 7) is 7.26. The first-order chi connectivity index (χ1) is 6.67. The highest BCUT2D eigenvalue weighted by molar-refractivity contribution is 7.11. The van der Waals surface area contributed by atoms with Crippen molar-refractivity contribution in [1.29, 1.82) is 0 Å². The Kier molecular flexibility index (Phi) is 4.55. The van der Waals surface area contributed by atoms with E-state index in [0.717, 1.165) is 19.4 Å². The van der Waals surface area contributed by atoms with Crippen molar-refractivity contribution in [2.24, 2.45) is 11.7 Å². The number of thiazole rings is 1. The van der Waals surface area contributed by atoms with E-state index in [1.54, 1.807) is 0 Å². The van der Waals surface area contributed by atoms with Gasteiger partial charge in [-0.15, -0.1) is 11.3 Å². The Morgan fingerprint density at radius 2 is 2.21 bits per heavy atom. The van der Waals surface area contributed by atoms with Gasteiger partial charge in [0.25, 0.3) is 0 Å². The molecule has 0 aliphatic heterocycles. The summed E-state index contributed by atoms with van der Waals surface area (Å²) in [5.74, 6) is 0.573. The second-order valence-corrected chi connectivity index (χ2v) is 5.08. The molecule has 1 atom stereocenters. The maximum atomic E-state index is 5.62. The molecule has 1 unspecified atom stereocenters. The smallest absolute Gasteiger partial charge is 0.0930 e. The summed E-state index contributed by atoms with van der Waals surface area (Å²) in [6.07, 6.45) is 3.38. The van der Waals surface area contributed by atoms with Crippen LogP contribution < -0.4 is 5.73 Å². The Morgan fingerprint density at radius 3 is 2.79 bits per heavy atom. The lowest BCUT2D eigenvalue weighted by Gasteiger charge is -2.05. The van der Waals surface area contributed by atoms with Gasteiger partial charge >= 0.3 is 0 Å². The van der Waals surface area contributed by atoms with Crippen molar-refractivity contribution in [3.63, 3.8) is 0 Å². The third-order valence-corrected chi connectivity index (χ3v) is 3.58. The summed E-state index contributed by atoms with van der Waals surface area (Å²) < 4.78 is 0. The van der Waals surface area contributed by atoms with Gasteiger partial charge in [-0.1, -0.05) is 13.8 Å². The molecule has 0 spiro atoms. The van der Waals surface area contributed by atoms with Gasteiger partial charge in [-0.05, 0) is 38.6 Å². The summed E-state index contributed by atoms with van der Waals surface area (Å²) in [4.78, 5) is 5.99. The maximum absolute atomic E-state index is 5.62. The molecule has 0 bridgehead atoms. The lowest BCUT2D eigenvalue weighted by atomic mass is 10.1. The number of nitrogens with zero attached hydrogens (tertiary/aromatic N) is 1. The Morgan fingerprint density at radius 1 is 1.50 bits per heavy atom. The molecule has 0 aliphatic carbocycles. The zero-order valence-corrected chi connectivity index (χ0v) is 10.2. The van der Waals surface area contributed by atoms with Crippen molar-refractivity contribution >= 4 is 11.3 Å². The van der Waals surface area contributed by atoms with Crippen molar-refractivity contribution in [3.05, 3.63) is 15.6 Å². The first-order valence-electron chi connectivity index (χ1n) is 5.32. The summed E-state index contributed by atoms with van der Waals surface area (Å²) in [6, 6.07) is 0. The van der Waals surface area contributed by atoms with Gasteiger partial charge in [0, 0.05) is 4.88 Å². The third kappa shape index (κ3) is 3.07. The van der Waals surface area contributed by atoms with Crippen LogP contribution in [0.5, 0.6) is 0 Å². The standard InChI is InChI=1S/C11H20N2S/c1-4-5-11-13-9(3)10(14-11)6-8(2)7-12/h8H,4-7,12H2,1-3H3. The van der Waals surface area contributed by atoms with E-state index in [-0.39, 0.29) is 0 Å². The van der Waals surface area contributed by atoms with Crippen molar-refractivity contribution in [2.45, 2.75) is 40.0 Å². The zero-order valence-electron chi connectivity index (χ0n) is 9.34. The van der Waals surface area contributed by atoms with Crippen LogP contribution in [-0.2, 0) is 12.8 Å². The van der Waals surface area contributed by atoms with Crippen LogP contribution in [0.25, 0.3) is 0 Å². The molecule has 80 valence electrons. The van der Waals surface area contributed by atoms with E-state index in [1.807, 2.05) is 11.3 Å². The van der Waals surface area contributed by atoms with Gasteiger partial charge in [-0.3, -0.25) is 0 Å². The molecule has 0 saturated carbocycles. The molecular formula is C11H20N2S. The Hall–Kier alpha value is -0.410. The minimum atomic E-state index is 0.573. The van der Waals surface area contributed by atoms with Crippen molar-refractivity contribution < 1.29 is 0 Å². The van der Waals surface area contributed by atoms with E-state index in [9.17, 15) is 0 Å². The summed E-state index contributed by atoms with van der Waals surface area (Å²) in [5.41, 5.74) is 6.83. The molecule has 0 saturated heterocycles. The third-order valence-electron chi connectivity index (χ3n) is 2.34. The monoisotopic (exact) mass is 212 g/mol. The fourth-order valence-electron chi connectivity index (χ4n) is 1.40. The molecule has 2 N–H and O–H groups in total. The van der Waals surface area contributed by atoms with Crippen molar-refractivity contribution in [3.8, 4) is 0 Å². The highest BCUT2D eigenvalue weighted by Crippen LogP contribution is 2.22. The second-order valence-electron chi connectivity index (χ2n) is 3.91. The molecule has 3 heteroatoms. The van der Waals surface area contributed by atoms with E-state index in [2.05, 4.69) is 25.8 Å². The van der Waals surface area contributed by atoms with E-state index in [0.29, 0.717) is 5.92 Å². The first-order valence-corrected chi connectivity index (χ1v) is 6.14. The van der Waals surface area contributed by atoms with Crippen molar-refractivity contribution in [2.75, 3.05) is 6.54 Å². The lowest BCUT2D eigenvalue weighted by molar-refractivity contribution is 0.596. The largest absolute Gasteiger partial charge is 0.330 e. The molecule has 0 radical (unpaired) electrons. The predicted octanol–water partition coefficient (Wildman–Crippen LogP) is 2.54. The summed E-state index contributed by atoms with van der Waals surface area (Å²) >= 11 is 1.86. The van der Waals surface area contributed by atoms with Gasteiger partial charge in [-0.25, -0.2) is 4.98 Å². The number of rotatable bonds is 5. The van der Waals surface area contributed by atoms with Gasteiger partial charge < -0.3 is 5.73 Å². The highest BCUT2D eigenvalue weighted by atomic mass is 32.1. The molecule has 1 rings (SSSR count). The minimum absolute atomic E-state index is 0.573. The Bertz CT molecular complexity index is 281. The van der Waals surface area contributed by atoms with Crippen LogP contribution in [0.3, 0.4) is 0 Å². The SMILES string of the molecule is CCCc1nc(C)c(CC(C)CN)s1. The summed E-state index contributed by atoms with van der Waals surface area (Å²) in [7, 11) is 0. The number of aromatic nitrogens is 1. The fraction of sp³-hybridized carbons (Fsp3) is 0.727. The van der Waals surface area contributed by atoms with E-state index < -0.39 is 0 Å². The van der Waals surface area contributed by atoms with Crippen molar-refractivity contribution in [1.82, 2.24) is 4.98 Å². The minimum Gasteiger partial charge on any atom is -0.330 e. The van der Waals surface area contributed by atoms with Gasteiger partial charge in [0.05, 0.1) is 10.7 Å². The normalized spacial score (nSPS) is 13.1. The van der Waals surface area contributed by atoms with Gasteiger partial charge in [0.15, 0.2) is 0 Å². The molecule has 0 amide bonds. The van der Waals surface area contributed by atoms with E-state index in [4.69, 9.17) is 5.73 Å². The molecule has 0 aliphatic rings. The van der Waals surface area contributed by atoms with Crippen LogP contribution in [-0.4, -0.2) is 11.5 Å². The Labute approximate surface area is 90.6 Å². The van der Waals surface area contributed by atoms with Crippen LogP contribution in [0.4, 0.5) is 0 Å². The molecule has 0 aromatic carbocycles. The highest BCUT2D eigenvalue weighted by Gasteiger charge is 2.09. The molecular weight excluding hydrogens is 192 g/mol. The molecule has 2 nitrogen and oxygen atoms in total. The van der Waals surface area contributed by atoms with Crippen LogP contribution in [0, 0.1) is 12.8 Å². The number of nitrogens with two attached hydrogens (primary N) is 1. The average Bonchev–Trinajstić information content (AvgIpc) is 2.47. The van der Waals surface area contributed by atoms with E-state index in [1.165, 1.54) is 22.0 Å². The van der Waals surface area contributed by atoms with Crippen LogP contribution in [0.1, 0.15) is 35.8 Å². The van der Waals surface area contributed by atoms with E-state index >= 15 is 0 Å². The number of aryl methyl sites for hydroxylation is 2. The van der Waals surface area contributed by atoms with Gasteiger partial charge in [0.1, 0.15) is 0 Å². The lowest BCUT2D eigenvalue weighted by Crippen LogP contribution is -2.12. The molecule has 1 aromatic rings. The topological polar surface area (TPSA) is 38.9 Å². The van der Waals surface area contributed by atoms with Crippen LogP contribution in [0.2, 0.25) is 0 Å². The molecule has 14 heavy (non-hydrogen) atoms. The average molecular weight is 212 g/mol. The first kappa shape index (κ1) is 11.7. The molecule has 0 fully saturated rings. The van der Waals surface area contributed by atoms with Gasteiger partial charge in [0.2, 0.25) is 0 Å². The zero-order chi connectivity index (χ0) is 10.6. The second kappa shape index (κ2) is 5.47. The van der Waals surface area contributed by atoms with Crippen LogP contribution in [0.15, 0.2) is 0 Å².